The Bertz CT molecular complexity index is 349. The third-order valence-electron chi connectivity index (χ3n) is 4.61. The van der Waals surface area contributed by atoms with Crippen molar-refractivity contribution in [1.29, 1.82) is 0 Å². The Morgan fingerprint density at radius 1 is 1.37 bits per heavy atom. The quantitative estimate of drug-likeness (QED) is 0.794. The minimum absolute atomic E-state index is 0.115. The molecule has 0 aromatic heterocycles. The second-order valence-corrected chi connectivity index (χ2v) is 5.90. The lowest BCUT2D eigenvalue weighted by Crippen LogP contribution is -2.38. The first-order chi connectivity index (χ1) is 9.03. The normalized spacial score (nSPS) is 29.3. The Kier molecular flexibility index (Phi) is 4.45. The number of carboxylic acid groups (broad SMARTS) is 1. The molecule has 0 aromatic rings. The van der Waals surface area contributed by atoms with Crippen molar-refractivity contribution in [3.63, 3.8) is 0 Å². The van der Waals surface area contributed by atoms with Crippen LogP contribution in [0.25, 0.3) is 0 Å². The molecule has 0 aromatic carbocycles. The summed E-state index contributed by atoms with van der Waals surface area (Å²) in [5.41, 5.74) is -0.818. The minimum atomic E-state index is -0.822. The molecular weight excluding hydrogens is 246 g/mol. The van der Waals surface area contributed by atoms with Crippen LogP contribution in [-0.2, 0) is 14.3 Å². The fraction of sp³-hybridized carbons (Fsp3) is 0.857. The van der Waals surface area contributed by atoms with Gasteiger partial charge in [0.15, 0.2) is 0 Å². The van der Waals surface area contributed by atoms with Crippen LogP contribution in [0, 0.1) is 11.3 Å². The standard InChI is InChI=1S/C14H23NO4/c1-10-11(4-7-19-10)9-15-12(16)8-14(13(17)18)5-2-3-6-14/h10-11H,2-9H2,1H3,(H,15,16)(H,17,18). The minimum Gasteiger partial charge on any atom is -0.481 e. The van der Waals surface area contributed by atoms with Gasteiger partial charge in [-0.15, -0.1) is 0 Å². The zero-order chi connectivity index (χ0) is 13.9. The summed E-state index contributed by atoms with van der Waals surface area (Å²) in [6, 6.07) is 0. The SMILES string of the molecule is CC1OCCC1CNC(=O)CC1(C(=O)O)CCCC1. The van der Waals surface area contributed by atoms with Crippen molar-refractivity contribution in [3.05, 3.63) is 0 Å². The van der Waals surface area contributed by atoms with Crippen molar-refractivity contribution in [2.75, 3.05) is 13.2 Å². The van der Waals surface area contributed by atoms with Gasteiger partial charge in [0.2, 0.25) is 5.91 Å². The molecule has 1 saturated carbocycles. The lowest BCUT2D eigenvalue weighted by Gasteiger charge is -2.23. The molecule has 108 valence electrons. The largest absolute Gasteiger partial charge is 0.481 e. The fourth-order valence-electron chi connectivity index (χ4n) is 3.18. The van der Waals surface area contributed by atoms with E-state index in [1.807, 2.05) is 6.92 Å². The molecule has 1 heterocycles. The Labute approximate surface area is 113 Å². The maximum absolute atomic E-state index is 12.0. The van der Waals surface area contributed by atoms with Crippen LogP contribution in [0.1, 0.15) is 45.4 Å². The highest BCUT2D eigenvalue weighted by atomic mass is 16.5. The van der Waals surface area contributed by atoms with E-state index in [-0.39, 0.29) is 18.4 Å². The summed E-state index contributed by atoms with van der Waals surface area (Å²) in [4.78, 5) is 23.3. The average molecular weight is 269 g/mol. The van der Waals surface area contributed by atoms with Crippen LogP contribution in [0.15, 0.2) is 0 Å². The van der Waals surface area contributed by atoms with E-state index >= 15 is 0 Å². The van der Waals surface area contributed by atoms with E-state index in [1.165, 1.54) is 0 Å². The highest BCUT2D eigenvalue weighted by Crippen LogP contribution is 2.41. The Morgan fingerprint density at radius 2 is 2.05 bits per heavy atom. The van der Waals surface area contributed by atoms with Crippen molar-refractivity contribution in [3.8, 4) is 0 Å². The van der Waals surface area contributed by atoms with Gasteiger partial charge >= 0.3 is 5.97 Å². The predicted octanol–water partition coefficient (Wildman–Crippen LogP) is 1.56. The predicted molar refractivity (Wildman–Crippen MR) is 69.7 cm³/mol. The number of carbonyl (C=O) groups is 2. The molecule has 0 radical (unpaired) electrons. The van der Waals surface area contributed by atoms with Crippen molar-refractivity contribution in [1.82, 2.24) is 5.32 Å². The number of amides is 1. The number of rotatable bonds is 5. The number of hydrogen-bond donors (Lipinski definition) is 2. The first-order valence-corrected chi connectivity index (χ1v) is 7.15. The van der Waals surface area contributed by atoms with Gasteiger partial charge in [0.1, 0.15) is 0 Å². The Morgan fingerprint density at radius 3 is 2.58 bits per heavy atom. The number of aliphatic carboxylic acids is 1. The molecule has 19 heavy (non-hydrogen) atoms. The van der Waals surface area contributed by atoms with Crippen molar-refractivity contribution in [2.24, 2.45) is 11.3 Å². The van der Waals surface area contributed by atoms with Crippen LogP contribution in [0.4, 0.5) is 0 Å². The summed E-state index contributed by atoms with van der Waals surface area (Å²) < 4.78 is 5.44. The molecule has 1 aliphatic carbocycles. The van der Waals surface area contributed by atoms with E-state index in [4.69, 9.17) is 4.74 Å². The van der Waals surface area contributed by atoms with E-state index in [0.717, 1.165) is 25.9 Å². The lowest BCUT2D eigenvalue weighted by molar-refractivity contribution is -0.151. The van der Waals surface area contributed by atoms with Gasteiger partial charge < -0.3 is 15.2 Å². The number of carboxylic acids is 1. The smallest absolute Gasteiger partial charge is 0.310 e. The third kappa shape index (κ3) is 3.26. The Balaban J connectivity index is 1.81. The second kappa shape index (κ2) is 5.90. The van der Waals surface area contributed by atoms with Gasteiger partial charge in [-0.25, -0.2) is 0 Å². The molecule has 2 aliphatic rings. The molecule has 5 heteroatoms. The van der Waals surface area contributed by atoms with Gasteiger partial charge in [-0.3, -0.25) is 9.59 Å². The van der Waals surface area contributed by atoms with Gasteiger partial charge in [0, 0.05) is 25.5 Å². The highest BCUT2D eigenvalue weighted by molar-refractivity contribution is 5.85. The van der Waals surface area contributed by atoms with Crippen molar-refractivity contribution in [2.45, 2.75) is 51.6 Å². The van der Waals surface area contributed by atoms with Crippen LogP contribution in [0.3, 0.4) is 0 Å². The molecular formula is C14H23NO4. The number of carbonyl (C=O) groups excluding carboxylic acids is 1. The zero-order valence-corrected chi connectivity index (χ0v) is 11.5. The Hall–Kier alpha value is -1.10. The van der Waals surface area contributed by atoms with Gasteiger partial charge in [0.05, 0.1) is 11.5 Å². The summed E-state index contributed by atoms with van der Waals surface area (Å²) in [6.45, 7) is 3.36. The maximum atomic E-state index is 12.0. The first kappa shape index (κ1) is 14.3. The zero-order valence-electron chi connectivity index (χ0n) is 11.5. The van der Waals surface area contributed by atoms with E-state index in [2.05, 4.69) is 5.32 Å². The van der Waals surface area contributed by atoms with E-state index in [9.17, 15) is 14.7 Å². The monoisotopic (exact) mass is 269 g/mol. The molecule has 1 amide bonds. The summed E-state index contributed by atoms with van der Waals surface area (Å²) in [6.07, 6.45) is 4.33. The van der Waals surface area contributed by atoms with Gasteiger partial charge in [-0.2, -0.15) is 0 Å². The van der Waals surface area contributed by atoms with E-state index < -0.39 is 11.4 Å². The van der Waals surface area contributed by atoms with Crippen LogP contribution in [0.2, 0.25) is 0 Å². The maximum Gasteiger partial charge on any atom is 0.310 e. The number of nitrogens with one attached hydrogen (secondary N) is 1. The van der Waals surface area contributed by atoms with E-state index in [0.29, 0.717) is 25.3 Å². The van der Waals surface area contributed by atoms with E-state index in [1.54, 1.807) is 0 Å². The molecule has 2 rings (SSSR count). The summed E-state index contributed by atoms with van der Waals surface area (Å²) in [7, 11) is 0. The van der Waals surface area contributed by atoms with Crippen LogP contribution in [-0.4, -0.2) is 36.2 Å². The molecule has 2 atom stereocenters. The van der Waals surface area contributed by atoms with Crippen molar-refractivity contribution >= 4 is 11.9 Å². The van der Waals surface area contributed by atoms with Crippen LogP contribution >= 0.6 is 0 Å². The second-order valence-electron chi connectivity index (χ2n) is 5.90. The highest BCUT2D eigenvalue weighted by Gasteiger charge is 2.43. The fourth-order valence-corrected chi connectivity index (χ4v) is 3.18. The van der Waals surface area contributed by atoms with Crippen LogP contribution in [0.5, 0.6) is 0 Å². The first-order valence-electron chi connectivity index (χ1n) is 7.15. The lowest BCUT2D eigenvalue weighted by atomic mass is 9.82. The molecule has 1 saturated heterocycles. The summed E-state index contributed by atoms with van der Waals surface area (Å²) >= 11 is 0. The van der Waals surface area contributed by atoms with Gasteiger partial charge in [-0.1, -0.05) is 12.8 Å². The molecule has 2 unspecified atom stereocenters. The number of ether oxygens (including phenoxy) is 1. The molecule has 1 aliphatic heterocycles. The van der Waals surface area contributed by atoms with Crippen molar-refractivity contribution < 1.29 is 19.4 Å². The summed E-state index contributed by atoms with van der Waals surface area (Å²) in [5.74, 6) is -0.602. The molecule has 2 fully saturated rings. The number of hydrogen-bond acceptors (Lipinski definition) is 3. The molecule has 5 nitrogen and oxygen atoms in total. The van der Waals surface area contributed by atoms with Gasteiger partial charge in [0.25, 0.3) is 0 Å². The molecule has 2 N–H and O–H groups in total. The summed E-state index contributed by atoms with van der Waals surface area (Å²) in [5, 5.41) is 12.2. The third-order valence-corrected chi connectivity index (χ3v) is 4.61. The average Bonchev–Trinajstić information content (AvgIpc) is 2.97. The topological polar surface area (TPSA) is 75.6 Å². The molecule has 0 bridgehead atoms. The van der Waals surface area contributed by atoms with Gasteiger partial charge in [-0.05, 0) is 26.2 Å². The molecule has 0 spiro atoms. The van der Waals surface area contributed by atoms with Crippen LogP contribution < -0.4 is 5.32 Å².